The standard InChI is InChI=1S/C51H31N3O/c1-3-13-32(14-4-1)34-17-11-18-37(29-34)50-52-49(33-15-5-2-6-16-33)53-51(54-50)44-23-12-24-46-48(44)43-28-26-36(31-47(43)55-46)35-25-27-42-40-21-8-7-19-38(40)39-20-9-10-22-41(39)45(42)30-35/h1-31H/i1D,3D,4D,13D,14D. The maximum Gasteiger partial charge on any atom is 0.164 e. The summed E-state index contributed by atoms with van der Waals surface area (Å²) in [7, 11) is 0. The third-order valence-corrected chi connectivity index (χ3v) is 10.4. The Bertz CT molecular complexity index is 3500. The van der Waals surface area contributed by atoms with Gasteiger partial charge in [0.15, 0.2) is 17.5 Å². The van der Waals surface area contributed by atoms with Crippen molar-refractivity contribution in [3.8, 4) is 56.4 Å². The molecule has 11 aromatic rings. The molecular weight excluding hydrogens is 671 g/mol. The van der Waals surface area contributed by atoms with Gasteiger partial charge < -0.3 is 4.42 Å². The van der Waals surface area contributed by atoms with E-state index in [4.69, 9.17) is 26.2 Å². The Morgan fingerprint density at radius 1 is 0.345 bits per heavy atom. The van der Waals surface area contributed by atoms with Gasteiger partial charge >= 0.3 is 0 Å². The average molecular weight is 707 g/mol. The van der Waals surface area contributed by atoms with Crippen LogP contribution in [0.25, 0.3) is 111 Å². The molecule has 0 N–H and O–H groups in total. The number of hydrogen-bond donors (Lipinski definition) is 0. The molecule has 0 aliphatic heterocycles. The van der Waals surface area contributed by atoms with E-state index in [0.717, 1.165) is 38.6 Å². The highest BCUT2D eigenvalue weighted by atomic mass is 16.3. The van der Waals surface area contributed by atoms with E-state index < -0.39 is 18.1 Å². The van der Waals surface area contributed by atoms with Crippen molar-refractivity contribution in [1.29, 1.82) is 0 Å². The van der Waals surface area contributed by atoms with Crippen LogP contribution in [0.1, 0.15) is 6.85 Å². The van der Waals surface area contributed by atoms with Crippen molar-refractivity contribution in [1.82, 2.24) is 15.0 Å². The van der Waals surface area contributed by atoms with Gasteiger partial charge in [-0.15, -0.1) is 0 Å². The summed E-state index contributed by atoms with van der Waals surface area (Å²) >= 11 is 0. The van der Waals surface area contributed by atoms with Gasteiger partial charge in [-0.3, -0.25) is 0 Å². The molecule has 0 amide bonds. The van der Waals surface area contributed by atoms with Gasteiger partial charge in [0.05, 0.1) is 6.85 Å². The lowest BCUT2D eigenvalue weighted by atomic mass is 9.92. The van der Waals surface area contributed by atoms with Crippen LogP contribution in [0.4, 0.5) is 0 Å². The molecule has 0 fully saturated rings. The summed E-state index contributed by atoms with van der Waals surface area (Å²) in [4.78, 5) is 15.0. The van der Waals surface area contributed by atoms with Crippen molar-refractivity contribution in [2.45, 2.75) is 0 Å². The van der Waals surface area contributed by atoms with E-state index in [9.17, 15) is 0 Å². The first-order valence-electron chi connectivity index (χ1n) is 20.6. The number of hydrogen-bond acceptors (Lipinski definition) is 4. The van der Waals surface area contributed by atoms with Crippen LogP contribution in [0.15, 0.2) is 192 Å². The molecule has 4 heteroatoms. The largest absolute Gasteiger partial charge is 0.456 e. The topological polar surface area (TPSA) is 51.8 Å². The summed E-state index contributed by atoms with van der Waals surface area (Å²) in [5.41, 5.74) is 6.30. The first kappa shape index (κ1) is 26.4. The predicted octanol–water partition coefficient (Wildman–Crippen LogP) is 13.6. The number of furan rings is 1. The van der Waals surface area contributed by atoms with Crippen molar-refractivity contribution in [3.63, 3.8) is 0 Å². The summed E-state index contributed by atoms with van der Waals surface area (Å²) in [5, 5.41) is 9.15. The zero-order valence-corrected chi connectivity index (χ0v) is 29.3. The number of fused-ring (bicyclic) bond motifs is 9. The van der Waals surface area contributed by atoms with E-state index in [2.05, 4.69) is 84.9 Å². The Morgan fingerprint density at radius 2 is 0.891 bits per heavy atom. The second-order valence-corrected chi connectivity index (χ2v) is 13.6. The Morgan fingerprint density at radius 3 is 1.64 bits per heavy atom. The van der Waals surface area contributed by atoms with Crippen LogP contribution in [0.2, 0.25) is 0 Å². The highest BCUT2D eigenvalue weighted by Gasteiger charge is 2.19. The van der Waals surface area contributed by atoms with Crippen LogP contribution >= 0.6 is 0 Å². The SMILES string of the molecule is [2H]c1c([2H])c([2H])c(-c2cccc(-c3nc(-c4ccccc4)nc(-c4cccc5oc6cc(-c7ccc8c9ccccc9c9ccccc9c8c7)ccc6c45)n3)c2)c([2H])c1[2H]. The molecule has 256 valence electrons. The van der Waals surface area contributed by atoms with E-state index in [1.807, 2.05) is 54.6 Å². The fraction of sp³-hybridized carbons (Fsp3) is 0. The first-order valence-corrected chi connectivity index (χ1v) is 18.1. The molecule has 0 saturated carbocycles. The normalized spacial score (nSPS) is 12.9. The maximum atomic E-state index is 8.60. The fourth-order valence-corrected chi connectivity index (χ4v) is 7.83. The molecule has 4 nitrogen and oxygen atoms in total. The number of rotatable bonds is 5. The molecule has 0 aliphatic rings. The number of benzene rings is 9. The zero-order valence-electron chi connectivity index (χ0n) is 34.3. The molecule has 0 spiro atoms. The van der Waals surface area contributed by atoms with Gasteiger partial charge in [0.2, 0.25) is 0 Å². The monoisotopic (exact) mass is 706 g/mol. The van der Waals surface area contributed by atoms with E-state index in [0.29, 0.717) is 34.2 Å². The van der Waals surface area contributed by atoms with E-state index in [1.165, 1.54) is 32.3 Å². The maximum absolute atomic E-state index is 8.60. The average Bonchev–Trinajstić information content (AvgIpc) is 3.69. The Hall–Kier alpha value is -7.43. The molecule has 0 atom stereocenters. The highest BCUT2D eigenvalue weighted by Crippen LogP contribution is 2.40. The molecule has 2 heterocycles. The molecule has 2 aromatic heterocycles. The lowest BCUT2D eigenvalue weighted by Crippen LogP contribution is -2.00. The van der Waals surface area contributed by atoms with Crippen LogP contribution in [0.3, 0.4) is 0 Å². The van der Waals surface area contributed by atoms with Crippen LogP contribution in [0.5, 0.6) is 0 Å². The minimum atomic E-state index is -0.437. The van der Waals surface area contributed by atoms with Gasteiger partial charge in [-0.1, -0.05) is 158 Å². The summed E-state index contributed by atoms with van der Waals surface area (Å²) in [6.45, 7) is 0. The third-order valence-electron chi connectivity index (χ3n) is 10.4. The summed E-state index contributed by atoms with van der Waals surface area (Å²) in [5.74, 6) is 1.28. The van der Waals surface area contributed by atoms with Crippen LogP contribution in [-0.4, -0.2) is 15.0 Å². The second-order valence-electron chi connectivity index (χ2n) is 13.6. The highest BCUT2D eigenvalue weighted by molar-refractivity contribution is 6.25. The predicted molar refractivity (Wildman–Crippen MR) is 227 cm³/mol. The molecule has 11 rings (SSSR count). The van der Waals surface area contributed by atoms with Gasteiger partial charge in [-0.25, -0.2) is 15.0 Å². The van der Waals surface area contributed by atoms with Crippen molar-refractivity contribution in [2.75, 3.05) is 0 Å². The number of nitrogens with zero attached hydrogens (tertiary/aromatic N) is 3. The van der Waals surface area contributed by atoms with Gasteiger partial charge in [0.25, 0.3) is 0 Å². The minimum Gasteiger partial charge on any atom is -0.456 e. The molecule has 0 saturated heterocycles. The van der Waals surface area contributed by atoms with Crippen molar-refractivity contribution in [2.24, 2.45) is 0 Å². The minimum absolute atomic E-state index is 0.111. The molecular formula is C51H31N3O. The lowest BCUT2D eigenvalue weighted by molar-refractivity contribution is 0.669. The second kappa shape index (κ2) is 12.6. The quantitative estimate of drug-likeness (QED) is 0.167. The smallest absolute Gasteiger partial charge is 0.164 e. The Labute approximate surface area is 324 Å². The third kappa shape index (κ3) is 5.26. The molecule has 0 bridgehead atoms. The van der Waals surface area contributed by atoms with Gasteiger partial charge in [-0.05, 0) is 84.9 Å². The van der Waals surface area contributed by atoms with Crippen molar-refractivity contribution in [3.05, 3.63) is 188 Å². The molecule has 55 heavy (non-hydrogen) atoms. The van der Waals surface area contributed by atoms with Crippen LogP contribution in [-0.2, 0) is 0 Å². The first-order chi connectivity index (χ1) is 29.3. The van der Waals surface area contributed by atoms with Crippen molar-refractivity contribution < 1.29 is 11.3 Å². The van der Waals surface area contributed by atoms with E-state index in [-0.39, 0.29) is 17.6 Å². The molecule has 9 aromatic carbocycles. The molecule has 0 unspecified atom stereocenters. The lowest BCUT2D eigenvalue weighted by Gasteiger charge is -2.12. The Kier molecular flexibility index (Phi) is 6.04. The summed E-state index contributed by atoms with van der Waals surface area (Å²) < 4.78 is 48.3. The molecule has 0 radical (unpaired) electrons. The van der Waals surface area contributed by atoms with Crippen LogP contribution < -0.4 is 0 Å². The fourth-order valence-electron chi connectivity index (χ4n) is 7.83. The summed E-state index contributed by atoms with van der Waals surface area (Å²) in [6.07, 6.45) is 0. The van der Waals surface area contributed by atoms with Gasteiger partial charge in [0, 0.05) is 27.5 Å². The zero-order chi connectivity index (χ0) is 40.6. The van der Waals surface area contributed by atoms with E-state index in [1.54, 1.807) is 18.2 Å². The van der Waals surface area contributed by atoms with Crippen LogP contribution in [0, 0.1) is 0 Å². The van der Waals surface area contributed by atoms with Gasteiger partial charge in [0.1, 0.15) is 11.2 Å². The van der Waals surface area contributed by atoms with Crippen molar-refractivity contribution >= 4 is 54.3 Å². The summed E-state index contributed by atoms with van der Waals surface area (Å²) in [6, 6.07) is 51.1. The number of aromatic nitrogens is 3. The van der Waals surface area contributed by atoms with Gasteiger partial charge in [-0.2, -0.15) is 0 Å². The molecule has 0 aliphatic carbocycles. The van der Waals surface area contributed by atoms with E-state index >= 15 is 0 Å². The Balaban J connectivity index is 1.06.